The fourth-order valence-electron chi connectivity index (χ4n) is 3.32. The van der Waals surface area contributed by atoms with Crippen molar-refractivity contribution in [1.29, 1.82) is 0 Å². The maximum absolute atomic E-state index is 13.1. The van der Waals surface area contributed by atoms with Crippen molar-refractivity contribution in [3.8, 4) is 0 Å². The first-order chi connectivity index (χ1) is 13.5. The van der Waals surface area contributed by atoms with Crippen LogP contribution in [-0.2, 0) is 4.79 Å². The lowest BCUT2D eigenvalue weighted by Crippen LogP contribution is -2.45. The summed E-state index contributed by atoms with van der Waals surface area (Å²) in [5.41, 5.74) is -0.0679. The predicted molar refractivity (Wildman–Crippen MR) is 101 cm³/mol. The van der Waals surface area contributed by atoms with Crippen LogP contribution in [0.1, 0.15) is 42.5 Å². The van der Waals surface area contributed by atoms with E-state index in [1.807, 2.05) is 0 Å². The highest BCUT2D eigenvalue weighted by atomic mass is 35.5. The maximum atomic E-state index is 13.1. The summed E-state index contributed by atoms with van der Waals surface area (Å²) < 4.78 is 4.68. The van der Waals surface area contributed by atoms with Crippen LogP contribution in [0.4, 0.5) is 11.5 Å². The lowest BCUT2D eigenvalue weighted by atomic mass is 9.93. The zero-order chi connectivity index (χ0) is 20.1. The molecule has 1 aromatic heterocycles. The third-order valence-electron chi connectivity index (χ3n) is 4.69. The third kappa shape index (κ3) is 4.66. The quantitative estimate of drug-likeness (QED) is 0.577. The van der Waals surface area contributed by atoms with Gasteiger partial charge in [0.05, 0.1) is 15.5 Å². The number of halogens is 1. The molecule has 1 saturated carbocycles. The standard InChI is InChI=1S/C18H19ClN4O5/c19-15-10-13(23(26)27)6-7-14(15)18(25)22(12-4-2-1-3-5-12)11-17(24)20-16-8-9-28-21-16/h6-10,12H,1-5,11H2,(H,20,21,24). The Kier molecular flexibility index (Phi) is 6.25. The minimum Gasteiger partial charge on any atom is -0.363 e. The van der Waals surface area contributed by atoms with Crippen LogP contribution < -0.4 is 5.32 Å². The molecule has 28 heavy (non-hydrogen) atoms. The van der Waals surface area contributed by atoms with Gasteiger partial charge in [0.15, 0.2) is 5.82 Å². The molecule has 0 radical (unpaired) electrons. The van der Waals surface area contributed by atoms with Crippen molar-refractivity contribution in [3.05, 3.63) is 51.2 Å². The van der Waals surface area contributed by atoms with Gasteiger partial charge in [0.2, 0.25) is 5.91 Å². The van der Waals surface area contributed by atoms with E-state index in [1.54, 1.807) is 0 Å². The molecule has 3 rings (SSSR count). The normalized spacial score (nSPS) is 14.5. The van der Waals surface area contributed by atoms with E-state index in [2.05, 4.69) is 15.0 Å². The van der Waals surface area contributed by atoms with Crippen LogP contribution in [0.3, 0.4) is 0 Å². The Labute approximate surface area is 165 Å². The average Bonchev–Trinajstić information content (AvgIpc) is 3.19. The molecule has 0 unspecified atom stereocenters. The number of non-ortho nitro benzene ring substituents is 1. The lowest BCUT2D eigenvalue weighted by Gasteiger charge is -2.34. The van der Waals surface area contributed by atoms with Crippen LogP contribution in [0.5, 0.6) is 0 Å². The van der Waals surface area contributed by atoms with E-state index in [-0.39, 0.29) is 34.7 Å². The molecular weight excluding hydrogens is 388 g/mol. The van der Waals surface area contributed by atoms with Crippen molar-refractivity contribution in [2.24, 2.45) is 0 Å². The number of nitro groups is 1. The largest absolute Gasteiger partial charge is 0.363 e. The Morgan fingerprint density at radius 2 is 2.04 bits per heavy atom. The predicted octanol–water partition coefficient (Wildman–Crippen LogP) is 3.65. The van der Waals surface area contributed by atoms with Crippen molar-refractivity contribution >= 4 is 34.9 Å². The Morgan fingerprint density at radius 3 is 2.64 bits per heavy atom. The summed E-state index contributed by atoms with van der Waals surface area (Å²) in [5.74, 6) is -0.581. The van der Waals surface area contributed by atoms with E-state index in [4.69, 9.17) is 11.6 Å². The molecule has 1 aliphatic carbocycles. The first kappa shape index (κ1) is 19.8. The second-order valence-corrected chi connectivity index (χ2v) is 6.99. The Hall–Kier alpha value is -2.94. The van der Waals surface area contributed by atoms with Gasteiger partial charge in [0.25, 0.3) is 11.6 Å². The molecule has 2 amide bonds. The molecule has 1 N–H and O–H groups in total. The van der Waals surface area contributed by atoms with Gasteiger partial charge in [-0.25, -0.2) is 0 Å². The highest BCUT2D eigenvalue weighted by Crippen LogP contribution is 2.28. The molecule has 9 nitrogen and oxygen atoms in total. The molecule has 0 atom stereocenters. The fourth-order valence-corrected chi connectivity index (χ4v) is 3.57. The van der Waals surface area contributed by atoms with Crippen molar-refractivity contribution in [2.75, 3.05) is 11.9 Å². The molecule has 1 fully saturated rings. The van der Waals surface area contributed by atoms with Crippen molar-refractivity contribution in [1.82, 2.24) is 10.1 Å². The summed E-state index contributed by atoms with van der Waals surface area (Å²) in [6.45, 7) is -0.177. The van der Waals surface area contributed by atoms with Gasteiger partial charge >= 0.3 is 0 Å². The molecule has 1 aromatic carbocycles. The van der Waals surface area contributed by atoms with Crippen LogP contribution >= 0.6 is 11.6 Å². The number of hydrogen-bond donors (Lipinski definition) is 1. The highest BCUT2D eigenvalue weighted by Gasteiger charge is 2.30. The smallest absolute Gasteiger partial charge is 0.270 e. The van der Waals surface area contributed by atoms with Gasteiger partial charge in [-0.3, -0.25) is 19.7 Å². The number of nitrogens with one attached hydrogen (secondary N) is 1. The zero-order valence-corrected chi connectivity index (χ0v) is 15.7. The first-order valence-electron chi connectivity index (χ1n) is 8.91. The average molecular weight is 407 g/mol. The highest BCUT2D eigenvalue weighted by molar-refractivity contribution is 6.34. The number of carbonyl (C=O) groups is 2. The summed E-state index contributed by atoms with van der Waals surface area (Å²) in [6, 6.07) is 5.10. The van der Waals surface area contributed by atoms with Crippen molar-refractivity contribution < 1.29 is 19.0 Å². The Morgan fingerprint density at radius 1 is 1.29 bits per heavy atom. The molecule has 0 bridgehead atoms. The van der Waals surface area contributed by atoms with Gasteiger partial charge in [-0.05, 0) is 18.9 Å². The second-order valence-electron chi connectivity index (χ2n) is 6.58. The molecule has 148 valence electrons. The minimum atomic E-state index is -0.579. The van der Waals surface area contributed by atoms with Crippen LogP contribution in [0.15, 0.2) is 35.1 Å². The molecule has 0 saturated heterocycles. The number of nitrogens with zero attached hydrogens (tertiary/aromatic N) is 3. The van der Waals surface area contributed by atoms with E-state index in [0.29, 0.717) is 0 Å². The van der Waals surface area contributed by atoms with E-state index >= 15 is 0 Å². The van der Waals surface area contributed by atoms with Gasteiger partial charge in [-0.1, -0.05) is 36.0 Å². The number of anilines is 1. The van der Waals surface area contributed by atoms with Gasteiger partial charge in [-0.2, -0.15) is 0 Å². The summed E-state index contributed by atoms with van der Waals surface area (Å²) in [7, 11) is 0. The summed E-state index contributed by atoms with van der Waals surface area (Å²) >= 11 is 6.13. The van der Waals surface area contributed by atoms with Crippen LogP contribution in [-0.4, -0.2) is 39.4 Å². The number of benzene rings is 1. The summed E-state index contributed by atoms with van der Waals surface area (Å²) in [4.78, 5) is 37.4. The number of hydrogen-bond acceptors (Lipinski definition) is 6. The third-order valence-corrected chi connectivity index (χ3v) is 5.00. The lowest BCUT2D eigenvalue weighted by molar-refractivity contribution is -0.384. The van der Waals surface area contributed by atoms with Crippen molar-refractivity contribution in [2.45, 2.75) is 38.1 Å². The molecule has 1 aliphatic rings. The van der Waals surface area contributed by atoms with Crippen LogP contribution in [0.2, 0.25) is 5.02 Å². The molecule has 0 aliphatic heterocycles. The number of amides is 2. The number of aromatic nitrogens is 1. The first-order valence-corrected chi connectivity index (χ1v) is 9.28. The van der Waals surface area contributed by atoms with Gasteiger partial charge in [-0.15, -0.1) is 0 Å². The summed E-state index contributed by atoms with van der Waals surface area (Å²) in [6.07, 6.45) is 5.92. The zero-order valence-electron chi connectivity index (χ0n) is 15.0. The second kappa shape index (κ2) is 8.83. The number of carbonyl (C=O) groups excluding carboxylic acids is 2. The molecular formula is C18H19ClN4O5. The van der Waals surface area contributed by atoms with Gasteiger partial charge in [0.1, 0.15) is 12.8 Å². The van der Waals surface area contributed by atoms with Crippen LogP contribution in [0, 0.1) is 10.1 Å². The topological polar surface area (TPSA) is 119 Å². The molecule has 2 aromatic rings. The van der Waals surface area contributed by atoms with Crippen molar-refractivity contribution in [3.63, 3.8) is 0 Å². The molecule has 0 spiro atoms. The SMILES string of the molecule is O=C(CN(C(=O)c1ccc([N+](=O)[O-])cc1Cl)C1CCCCC1)Nc1ccon1. The van der Waals surface area contributed by atoms with Crippen LogP contribution in [0.25, 0.3) is 0 Å². The Balaban J connectivity index is 1.82. The maximum Gasteiger partial charge on any atom is 0.270 e. The molecule has 1 heterocycles. The van der Waals surface area contributed by atoms with E-state index < -0.39 is 16.7 Å². The fraction of sp³-hybridized carbons (Fsp3) is 0.389. The molecule has 10 heteroatoms. The van der Waals surface area contributed by atoms with Gasteiger partial charge in [0, 0.05) is 24.2 Å². The Bertz CT molecular complexity index is 865. The number of rotatable bonds is 6. The summed E-state index contributed by atoms with van der Waals surface area (Å²) in [5, 5.41) is 17.1. The number of nitro benzene ring substituents is 1. The van der Waals surface area contributed by atoms with E-state index in [9.17, 15) is 19.7 Å². The van der Waals surface area contributed by atoms with E-state index in [1.165, 1.54) is 29.4 Å². The monoisotopic (exact) mass is 406 g/mol. The van der Waals surface area contributed by atoms with Gasteiger partial charge < -0.3 is 14.7 Å². The minimum absolute atomic E-state index is 0.0167. The van der Waals surface area contributed by atoms with E-state index in [0.717, 1.165) is 38.2 Å².